The maximum absolute atomic E-state index is 6.01. The highest BCUT2D eigenvalue weighted by Crippen LogP contribution is 2.30. The molecule has 0 aliphatic carbocycles. The summed E-state index contributed by atoms with van der Waals surface area (Å²) in [6, 6.07) is 0. The summed E-state index contributed by atoms with van der Waals surface area (Å²) in [4.78, 5) is 2.50. The highest BCUT2D eigenvalue weighted by molar-refractivity contribution is 5.14. The molecule has 0 radical (unpaired) electrons. The zero-order valence-corrected chi connectivity index (χ0v) is 11.6. The Balaban J connectivity index is 2.40. The van der Waals surface area contributed by atoms with Crippen LogP contribution in [0.25, 0.3) is 0 Å². The van der Waals surface area contributed by atoms with Crippen molar-refractivity contribution >= 4 is 0 Å². The highest BCUT2D eigenvalue weighted by atomic mass is 15.1. The second-order valence-electron chi connectivity index (χ2n) is 6.77. The topological polar surface area (TPSA) is 29.3 Å². The molecule has 0 saturated carbocycles. The summed E-state index contributed by atoms with van der Waals surface area (Å²) in [6.07, 6.45) is 4.70. The zero-order chi connectivity index (χ0) is 12.4. The van der Waals surface area contributed by atoms with E-state index in [9.17, 15) is 0 Å². The van der Waals surface area contributed by atoms with Gasteiger partial charge in [0.15, 0.2) is 0 Å². The van der Waals surface area contributed by atoms with Crippen LogP contribution < -0.4 is 5.73 Å². The van der Waals surface area contributed by atoms with Crippen molar-refractivity contribution in [2.45, 2.75) is 53.0 Å². The van der Waals surface area contributed by atoms with Gasteiger partial charge in [-0.25, -0.2) is 0 Å². The third-order valence-corrected chi connectivity index (χ3v) is 3.33. The Morgan fingerprint density at radius 3 is 2.25 bits per heavy atom. The molecule has 0 unspecified atom stereocenters. The van der Waals surface area contributed by atoms with E-state index in [0.29, 0.717) is 5.41 Å². The van der Waals surface area contributed by atoms with Crippen LogP contribution in [-0.4, -0.2) is 30.1 Å². The SMILES string of the molecule is CC(C)(N)CCN1CC=C(C(C)(C)C)CC1. The average molecular weight is 224 g/mol. The molecule has 1 aliphatic heterocycles. The molecule has 0 aromatic carbocycles. The number of nitrogens with zero attached hydrogens (tertiary/aromatic N) is 1. The van der Waals surface area contributed by atoms with Gasteiger partial charge in [-0.2, -0.15) is 0 Å². The minimum Gasteiger partial charge on any atom is -0.326 e. The maximum Gasteiger partial charge on any atom is 0.0166 e. The van der Waals surface area contributed by atoms with Gasteiger partial charge < -0.3 is 5.73 Å². The van der Waals surface area contributed by atoms with E-state index in [0.717, 1.165) is 19.5 Å². The third-order valence-electron chi connectivity index (χ3n) is 3.33. The lowest BCUT2D eigenvalue weighted by Gasteiger charge is -2.33. The lowest BCUT2D eigenvalue weighted by molar-refractivity contribution is 0.254. The molecule has 0 saturated heterocycles. The van der Waals surface area contributed by atoms with E-state index in [2.05, 4.69) is 45.6 Å². The second-order valence-corrected chi connectivity index (χ2v) is 6.77. The molecule has 16 heavy (non-hydrogen) atoms. The van der Waals surface area contributed by atoms with E-state index >= 15 is 0 Å². The summed E-state index contributed by atoms with van der Waals surface area (Å²) < 4.78 is 0. The molecule has 0 bridgehead atoms. The van der Waals surface area contributed by atoms with Crippen molar-refractivity contribution < 1.29 is 0 Å². The molecule has 0 spiro atoms. The van der Waals surface area contributed by atoms with Crippen molar-refractivity contribution in [1.29, 1.82) is 0 Å². The molecule has 0 fully saturated rings. The Bertz CT molecular complexity index is 253. The molecule has 0 amide bonds. The standard InChI is InChI=1S/C14H28N2/c1-13(2,3)12-6-9-16(10-7-12)11-8-14(4,5)15/h6H,7-11,15H2,1-5H3. The first-order valence-corrected chi connectivity index (χ1v) is 6.39. The fourth-order valence-corrected chi connectivity index (χ4v) is 2.04. The summed E-state index contributed by atoms with van der Waals surface area (Å²) >= 11 is 0. The van der Waals surface area contributed by atoms with E-state index in [1.807, 2.05) is 0 Å². The Morgan fingerprint density at radius 1 is 1.25 bits per heavy atom. The normalized spacial score (nSPS) is 19.8. The molecule has 0 atom stereocenters. The number of nitrogens with two attached hydrogens (primary N) is 1. The maximum atomic E-state index is 6.01. The lowest BCUT2D eigenvalue weighted by Crippen LogP contribution is -2.39. The van der Waals surface area contributed by atoms with Gasteiger partial charge in [0.25, 0.3) is 0 Å². The molecule has 1 rings (SSSR count). The molecular formula is C14H28N2. The van der Waals surface area contributed by atoms with Crippen molar-refractivity contribution in [2.75, 3.05) is 19.6 Å². The smallest absolute Gasteiger partial charge is 0.0166 e. The van der Waals surface area contributed by atoms with Crippen molar-refractivity contribution in [3.8, 4) is 0 Å². The fourth-order valence-electron chi connectivity index (χ4n) is 2.04. The van der Waals surface area contributed by atoms with Crippen LogP contribution in [0.4, 0.5) is 0 Å². The van der Waals surface area contributed by atoms with Gasteiger partial charge >= 0.3 is 0 Å². The first kappa shape index (κ1) is 13.7. The quantitative estimate of drug-likeness (QED) is 0.747. The van der Waals surface area contributed by atoms with Crippen LogP contribution in [0.1, 0.15) is 47.5 Å². The molecule has 1 aliphatic rings. The Labute approximate surface area is 101 Å². The van der Waals surface area contributed by atoms with Crippen LogP contribution in [0.3, 0.4) is 0 Å². The van der Waals surface area contributed by atoms with Crippen molar-refractivity contribution in [3.63, 3.8) is 0 Å². The van der Waals surface area contributed by atoms with Gasteiger partial charge in [-0.1, -0.05) is 32.4 Å². The molecule has 2 heteroatoms. The summed E-state index contributed by atoms with van der Waals surface area (Å²) in [5, 5.41) is 0. The summed E-state index contributed by atoms with van der Waals surface area (Å²) in [6.45, 7) is 14.5. The van der Waals surface area contributed by atoms with Crippen LogP contribution in [0, 0.1) is 5.41 Å². The fraction of sp³-hybridized carbons (Fsp3) is 0.857. The van der Waals surface area contributed by atoms with E-state index in [1.165, 1.54) is 13.0 Å². The Hall–Kier alpha value is -0.340. The van der Waals surface area contributed by atoms with Crippen LogP contribution in [-0.2, 0) is 0 Å². The number of hydrogen-bond donors (Lipinski definition) is 1. The van der Waals surface area contributed by atoms with E-state index in [4.69, 9.17) is 5.73 Å². The zero-order valence-electron chi connectivity index (χ0n) is 11.6. The Morgan fingerprint density at radius 2 is 1.88 bits per heavy atom. The monoisotopic (exact) mass is 224 g/mol. The van der Waals surface area contributed by atoms with Gasteiger partial charge in [0, 0.05) is 25.2 Å². The van der Waals surface area contributed by atoms with Gasteiger partial charge in [0.05, 0.1) is 0 Å². The molecule has 2 N–H and O–H groups in total. The molecule has 2 nitrogen and oxygen atoms in total. The summed E-state index contributed by atoms with van der Waals surface area (Å²) in [5.41, 5.74) is 7.93. The first-order chi connectivity index (χ1) is 7.18. The predicted molar refractivity (Wildman–Crippen MR) is 71.5 cm³/mol. The first-order valence-electron chi connectivity index (χ1n) is 6.39. The molecule has 0 aromatic heterocycles. The van der Waals surface area contributed by atoms with E-state index < -0.39 is 0 Å². The third kappa shape index (κ3) is 4.67. The van der Waals surface area contributed by atoms with Crippen LogP contribution in [0.5, 0.6) is 0 Å². The minimum atomic E-state index is -0.0337. The number of rotatable bonds is 3. The largest absolute Gasteiger partial charge is 0.326 e. The summed E-state index contributed by atoms with van der Waals surface area (Å²) in [7, 11) is 0. The van der Waals surface area contributed by atoms with Crippen molar-refractivity contribution in [3.05, 3.63) is 11.6 Å². The van der Waals surface area contributed by atoms with Crippen molar-refractivity contribution in [2.24, 2.45) is 11.1 Å². The van der Waals surface area contributed by atoms with Crippen molar-refractivity contribution in [1.82, 2.24) is 4.90 Å². The van der Waals surface area contributed by atoms with Gasteiger partial charge in [-0.3, -0.25) is 4.90 Å². The summed E-state index contributed by atoms with van der Waals surface area (Å²) in [5.74, 6) is 0. The second kappa shape index (κ2) is 4.89. The van der Waals surface area contributed by atoms with E-state index in [-0.39, 0.29) is 5.54 Å². The van der Waals surface area contributed by atoms with Gasteiger partial charge in [0.2, 0.25) is 0 Å². The molecular weight excluding hydrogens is 196 g/mol. The highest BCUT2D eigenvalue weighted by Gasteiger charge is 2.21. The van der Waals surface area contributed by atoms with Crippen LogP contribution in [0.2, 0.25) is 0 Å². The molecule has 94 valence electrons. The lowest BCUT2D eigenvalue weighted by atomic mass is 9.83. The van der Waals surface area contributed by atoms with Crippen LogP contribution in [0.15, 0.2) is 11.6 Å². The minimum absolute atomic E-state index is 0.0337. The predicted octanol–water partition coefficient (Wildman–Crippen LogP) is 2.79. The van der Waals surface area contributed by atoms with Crippen LogP contribution >= 0.6 is 0 Å². The molecule has 1 heterocycles. The molecule has 0 aromatic rings. The average Bonchev–Trinajstić information content (AvgIpc) is 2.13. The Kier molecular flexibility index (Phi) is 4.19. The van der Waals surface area contributed by atoms with Gasteiger partial charge in [-0.15, -0.1) is 0 Å². The van der Waals surface area contributed by atoms with Gasteiger partial charge in [-0.05, 0) is 32.1 Å². The van der Waals surface area contributed by atoms with E-state index in [1.54, 1.807) is 5.57 Å². The number of hydrogen-bond acceptors (Lipinski definition) is 2. The van der Waals surface area contributed by atoms with Gasteiger partial charge in [0.1, 0.15) is 0 Å².